The molecule has 104 valence electrons. The molecule has 0 amide bonds. The van der Waals surface area contributed by atoms with E-state index < -0.39 is 10.1 Å². The number of pyridine rings is 1. The molecular formula is C12H9ClN2O4S. The Morgan fingerprint density at radius 3 is 2.25 bits per heavy atom. The third-order valence-electron chi connectivity index (χ3n) is 1.92. The van der Waals surface area contributed by atoms with Crippen molar-refractivity contribution >= 4 is 33.5 Å². The third kappa shape index (κ3) is 5.29. The second-order valence-electron chi connectivity index (χ2n) is 3.30. The lowest BCUT2D eigenvalue weighted by Gasteiger charge is -1.91. The maximum Gasteiger partial charge on any atom is 0.312 e. The quantitative estimate of drug-likeness (QED) is 0.522. The molecule has 0 aliphatic rings. The van der Waals surface area contributed by atoms with Crippen molar-refractivity contribution in [2.24, 2.45) is 4.99 Å². The molecule has 0 aliphatic carbocycles. The topological polar surface area (TPSA) is 96.7 Å². The second kappa shape index (κ2) is 7.52. The van der Waals surface area contributed by atoms with E-state index in [0.717, 1.165) is 0 Å². The Hall–Kier alpha value is -2.05. The van der Waals surface area contributed by atoms with Gasteiger partial charge in [-0.1, -0.05) is 29.8 Å². The van der Waals surface area contributed by atoms with Crippen LogP contribution in [-0.4, -0.2) is 24.0 Å². The predicted octanol–water partition coefficient (Wildman–Crippen LogP) is 2.64. The van der Waals surface area contributed by atoms with Crippen molar-refractivity contribution in [2.45, 2.75) is 5.03 Å². The first kappa shape index (κ1) is 16.0. The van der Waals surface area contributed by atoms with Crippen molar-refractivity contribution < 1.29 is 17.8 Å². The highest BCUT2D eigenvalue weighted by atomic mass is 35.5. The molecule has 0 aliphatic heterocycles. The summed E-state index contributed by atoms with van der Waals surface area (Å²) in [6, 6.07) is 11.1. The van der Waals surface area contributed by atoms with Gasteiger partial charge in [0.1, 0.15) is 0 Å². The van der Waals surface area contributed by atoms with Crippen LogP contribution in [0.3, 0.4) is 0 Å². The maximum absolute atomic E-state index is 10.3. The minimum Gasteiger partial charge on any atom is -0.281 e. The van der Waals surface area contributed by atoms with Crippen LogP contribution in [0.5, 0.6) is 0 Å². The van der Waals surface area contributed by atoms with Gasteiger partial charge in [0.15, 0.2) is 5.03 Å². The molecule has 8 heteroatoms. The van der Waals surface area contributed by atoms with Gasteiger partial charge in [0, 0.05) is 6.20 Å². The number of aromatic nitrogens is 1. The second-order valence-corrected chi connectivity index (χ2v) is 5.07. The van der Waals surface area contributed by atoms with Crippen LogP contribution in [-0.2, 0) is 14.9 Å². The number of hydrogen-bond acceptors (Lipinski definition) is 5. The number of hydrogen-bond donors (Lipinski definition) is 1. The Kier molecular flexibility index (Phi) is 6.02. The van der Waals surface area contributed by atoms with Gasteiger partial charge >= 0.3 is 10.1 Å². The highest BCUT2D eigenvalue weighted by Crippen LogP contribution is 2.22. The Balaban J connectivity index is 0.000000200. The standard InChI is InChI=1S/C7H4ClNO.C5H5NO3S/c8-6-3-1-2-4-7(6)9-5-10;7-10(8,9)5-3-1-2-4-6-5/h1-4H;1-4H,(H,7,8,9). The van der Waals surface area contributed by atoms with Crippen LogP contribution in [0.1, 0.15) is 0 Å². The van der Waals surface area contributed by atoms with E-state index >= 15 is 0 Å². The lowest BCUT2D eigenvalue weighted by Crippen LogP contribution is -1.99. The normalized spacial score (nSPS) is 9.90. The zero-order chi connectivity index (χ0) is 15.0. The molecular weight excluding hydrogens is 304 g/mol. The van der Waals surface area contributed by atoms with Crippen molar-refractivity contribution in [2.75, 3.05) is 0 Å². The van der Waals surface area contributed by atoms with Gasteiger partial charge in [0.2, 0.25) is 6.08 Å². The van der Waals surface area contributed by atoms with Crippen molar-refractivity contribution in [3.63, 3.8) is 0 Å². The largest absolute Gasteiger partial charge is 0.312 e. The summed E-state index contributed by atoms with van der Waals surface area (Å²) in [5.74, 6) is 0. The van der Waals surface area contributed by atoms with E-state index in [1.165, 1.54) is 24.4 Å². The van der Waals surface area contributed by atoms with Crippen molar-refractivity contribution in [1.82, 2.24) is 4.98 Å². The van der Waals surface area contributed by atoms with Gasteiger partial charge in [0.05, 0.1) is 10.7 Å². The van der Waals surface area contributed by atoms with Crippen LogP contribution in [0.4, 0.5) is 5.69 Å². The van der Waals surface area contributed by atoms with Gasteiger partial charge in [-0.25, -0.2) is 9.78 Å². The molecule has 0 fully saturated rings. The zero-order valence-corrected chi connectivity index (χ0v) is 11.5. The molecule has 0 saturated heterocycles. The van der Waals surface area contributed by atoms with Gasteiger partial charge in [-0.2, -0.15) is 13.4 Å². The van der Waals surface area contributed by atoms with Crippen LogP contribution in [0.25, 0.3) is 0 Å². The van der Waals surface area contributed by atoms with E-state index in [1.54, 1.807) is 30.3 Å². The molecule has 20 heavy (non-hydrogen) atoms. The molecule has 0 radical (unpaired) electrons. The summed E-state index contributed by atoms with van der Waals surface area (Å²) in [6.45, 7) is 0. The van der Waals surface area contributed by atoms with Crippen LogP contribution in [0.15, 0.2) is 58.7 Å². The molecule has 1 aromatic heterocycles. The first-order valence-corrected chi connectivity index (χ1v) is 6.98. The van der Waals surface area contributed by atoms with Gasteiger partial charge in [-0.15, -0.1) is 0 Å². The summed E-state index contributed by atoms with van der Waals surface area (Å²) in [5.41, 5.74) is 0.458. The Bertz CT molecular complexity index is 713. The number of para-hydroxylation sites is 1. The lowest BCUT2D eigenvalue weighted by molar-refractivity contribution is 0.479. The molecule has 6 nitrogen and oxygen atoms in total. The fourth-order valence-electron chi connectivity index (χ4n) is 1.09. The van der Waals surface area contributed by atoms with E-state index in [4.69, 9.17) is 16.2 Å². The molecule has 1 aromatic carbocycles. The van der Waals surface area contributed by atoms with E-state index in [1.807, 2.05) is 0 Å². The van der Waals surface area contributed by atoms with Crippen molar-refractivity contribution in [1.29, 1.82) is 0 Å². The molecule has 1 heterocycles. The average Bonchev–Trinajstić information content (AvgIpc) is 2.43. The van der Waals surface area contributed by atoms with Gasteiger partial charge in [-0.3, -0.25) is 4.55 Å². The van der Waals surface area contributed by atoms with Crippen LogP contribution in [0, 0.1) is 0 Å². The van der Waals surface area contributed by atoms with Crippen molar-refractivity contribution in [3.05, 3.63) is 53.7 Å². The molecule has 0 unspecified atom stereocenters. The number of halogens is 1. The molecule has 2 aromatic rings. The Labute approximate surface area is 120 Å². The smallest absolute Gasteiger partial charge is 0.281 e. The summed E-state index contributed by atoms with van der Waals surface area (Å²) in [4.78, 5) is 16.6. The number of isocyanates is 1. The van der Waals surface area contributed by atoms with E-state index in [9.17, 15) is 13.2 Å². The van der Waals surface area contributed by atoms with E-state index in [-0.39, 0.29) is 5.03 Å². The monoisotopic (exact) mass is 312 g/mol. The third-order valence-corrected chi connectivity index (χ3v) is 3.01. The Morgan fingerprint density at radius 2 is 1.80 bits per heavy atom. The lowest BCUT2D eigenvalue weighted by atomic mass is 10.3. The summed E-state index contributed by atoms with van der Waals surface area (Å²) in [7, 11) is -4.11. The summed E-state index contributed by atoms with van der Waals surface area (Å²) >= 11 is 5.63. The molecule has 2 rings (SSSR count). The number of nitrogens with zero attached hydrogens (tertiary/aromatic N) is 2. The van der Waals surface area contributed by atoms with E-state index in [0.29, 0.717) is 10.7 Å². The average molecular weight is 313 g/mol. The first-order chi connectivity index (χ1) is 9.45. The molecule has 0 saturated carbocycles. The Morgan fingerprint density at radius 1 is 1.15 bits per heavy atom. The summed E-state index contributed by atoms with van der Waals surface area (Å²) in [5, 5.41) is 0.140. The molecule has 0 bridgehead atoms. The minimum atomic E-state index is -4.11. The van der Waals surface area contributed by atoms with Gasteiger partial charge < -0.3 is 0 Å². The SMILES string of the molecule is O=C=Nc1ccccc1Cl.O=S(=O)(O)c1ccccn1. The fraction of sp³-hybridized carbons (Fsp3) is 0. The summed E-state index contributed by atoms with van der Waals surface area (Å²) < 4.78 is 29.1. The highest BCUT2D eigenvalue weighted by molar-refractivity contribution is 7.85. The van der Waals surface area contributed by atoms with Crippen LogP contribution in [0.2, 0.25) is 5.02 Å². The number of aliphatic imine (C=N–C) groups is 1. The molecule has 0 atom stereocenters. The molecule has 0 spiro atoms. The maximum atomic E-state index is 10.3. The van der Waals surface area contributed by atoms with Crippen LogP contribution >= 0.6 is 11.6 Å². The predicted molar refractivity (Wildman–Crippen MR) is 73.3 cm³/mol. The van der Waals surface area contributed by atoms with Gasteiger partial charge in [0.25, 0.3) is 0 Å². The number of benzene rings is 1. The first-order valence-electron chi connectivity index (χ1n) is 5.16. The summed E-state index contributed by atoms with van der Waals surface area (Å²) in [6.07, 6.45) is 2.71. The zero-order valence-electron chi connectivity index (χ0n) is 9.97. The number of rotatable bonds is 2. The van der Waals surface area contributed by atoms with Gasteiger partial charge in [-0.05, 0) is 24.3 Å². The van der Waals surface area contributed by atoms with E-state index in [2.05, 4.69) is 9.98 Å². The number of carbonyl (C=O) groups excluding carboxylic acids is 1. The highest BCUT2D eigenvalue weighted by Gasteiger charge is 2.07. The fourth-order valence-corrected chi connectivity index (χ4v) is 1.71. The van der Waals surface area contributed by atoms with Crippen LogP contribution < -0.4 is 0 Å². The minimum absolute atomic E-state index is 0.324. The van der Waals surface area contributed by atoms with Crippen molar-refractivity contribution in [3.8, 4) is 0 Å². The molecule has 1 N–H and O–H groups in total.